The van der Waals surface area contributed by atoms with Crippen LogP contribution in [0, 0.1) is 6.92 Å². The van der Waals surface area contributed by atoms with Crippen molar-refractivity contribution in [3.63, 3.8) is 0 Å². The molecule has 1 saturated heterocycles. The van der Waals surface area contributed by atoms with Gasteiger partial charge in [-0.15, -0.1) is 0 Å². The normalized spacial score (nSPS) is 17.2. The first kappa shape index (κ1) is 22.4. The fraction of sp³-hybridized carbons (Fsp3) is 0.182. The number of imide groups is 1. The van der Waals surface area contributed by atoms with Crippen LogP contribution in [0.15, 0.2) is 53.2 Å². The second-order valence-corrected chi connectivity index (χ2v) is 8.90. The molecule has 0 bridgehead atoms. The van der Waals surface area contributed by atoms with Crippen LogP contribution in [0.4, 0.5) is 10.5 Å². The number of hydrogen-bond acceptors (Lipinski definition) is 5. The van der Waals surface area contributed by atoms with Crippen LogP contribution in [-0.2, 0) is 9.59 Å². The van der Waals surface area contributed by atoms with E-state index in [1.54, 1.807) is 24.3 Å². The second kappa shape index (κ2) is 9.36. The van der Waals surface area contributed by atoms with E-state index in [2.05, 4.69) is 10.3 Å². The van der Waals surface area contributed by atoms with Crippen LogP contribution in [0.5, 0.6) is 0 Å². The fourth-order valence-electron chi connectivity index (χ4n) is 3.19. The minimum Gasteiger partial charge on any atom is -0.336 e. The number of carbonyl (C=O) groups is 3. The number of benzene rings is 2. The van der Waals surface area contributed by atoms with Gasteiger partial charge in [-0.3, -0.25) is 19.4 Å². The third-order valence-corrected chi connectivity index (χ3v) is 6.51. The van der Waals surface area contributed by atoms with Crippen LogP contribution in [0.2, 0.25) is 10.0 Å². The van der Waals surface area contributed by atoms with Gasteiger partial charge in [0.1, 0.15) is 5.70 Å². The summed E-state index contributed by atoms with van der Waals surface area (Å²) < 4.78 is 0. The first-order valence-corrected chi connectivity index (χ1v) is 11.4. The minimum atomic E-state index is -0.407. The van der Waals surface area contributed by atoms with E-state index in [-0.39, 0.29) is 23.3 Å². The number of rotatable bonds is 4. The monoisotopic (exact) mass is 488 g/mol. The molecular formula is C22H18Cl2N4O3S. The van der Waals surface area contributed by atoms with Gasteiger partial charge >= 0.3 is 6.03 Å². The van der Waals surface area contributed by atoms with E-state index in [0.29, 0.717) is 39.6 Å². The largest absolute Gasteiger partial charge is 0.336 e. The molecule has 2 aliphatic heterocycles. The number of aryl methyl sites for hydroxylation is 1. The van der Waals surface area contributed by atoms with Gasteiger partial charge in [0.2, 0.25) is 5.91 Å². The van der Waals surface area contributed by atoms with E-state index in [4.69, 9.17) is 23.2 Å². The Kier molecular flexibility index (Phi) is 6.55. The van der Waals surface area contributed by atoms with Crippen molar-refractivity contribution >= 4 is 69.7 Å². The number of nitrogens with one attached hydrogen (secondary N) is 1. The Bertz CT molecular complexity index is 1160. The Morgan fingerprint density at radius 1 is 1.16 bits per heavy atom. The third-order valence-electron chi connectivity index (χ3n) is 4.85. The van der Waals surface area contributed by atoms with Crippen molar-refractivity contribution in [1.29, 1.82) is 0 Å². The average Bonchev–Trinajstić information content (AvgIpc) is 3.33. The molecule has 2 aromatic rings. The Hall–Kier alpha value is -2.81. The summed E-state index contributed by atoms with van der Waals surface area (Å²) >= 11 is 13.2. The molecule has 1 N–H and O–H groups in total. The molecule has 0 unspecified atom stereocenters. The maximum Gasteiger partial charge on any atom is 0.324 e. The topological polar surface area (TPSA) is 82.1 Å². The Labute approximate surface area is 199 Å². The molecule has 0 saturated carbocycles. The lowest BCUT2D eigenvalue weighted by Gasteiger charge is -2.18. The maximum atomic E-state index is 13.2. The number of amides is 4. The highest BCUT2D eigenvalue weighted by molar-refractivity contribution is 8.14. The van der Waals surface area contributed by atoms with Gasteiger partial charge in [-0.1, -0.05) is 58.7 Å². The predicted octanol–water partition coefficient (Wildman–Crippen LogP) is 4.33. The highest BCUT2D eigenvalue weighted by atomic mass is 35.5. The first-order chi connectivity index (χ1) is 15.3. The minimum absolute atomic E-state index is 0.0258. The van der Waals surface area contributed by atoms with E-state index < -0.39 is 6.03 Å². The molecule has 32 heavy (non-hydrogen) atoms. The second-order valence-electron chi connectivity index (χ2n) is 7.14. The van der Waals surface area contributed by atoms with Crippen molar-refractivity contribution < 1.29 is 14.4 Å². The van der Waals surface area contributed by atoms with Crippen molar-refractivity contribution in [2.24, 2.45) is 4.99 Å². The number of amidine groups is 1. The molecule has 0 aliphatic carbocycles. The first-order valence-electron chi connectivity index (χ1n) is 9.71. The van der Waals surface area contributed by atoms with Crippen molar-refractivity contribution in [3.05, 3.63) is 69.3 Å². The number of carbonyl (C=O) groups excluding carboxylic acids is 3. The Morgan fingerprint density at radius 3 is 2.56 bits per heavy atom. The molecule has 4 rings (SSSR count). The number of thioether (sulfide) groups is 1. The van der Waals surface area contributed by atoms with Gasteiger partial charge in [-0.2, -0.15) is 0 Å². The van der Waals surface area contributed by atoms with Gasteiger partial charge in [-0.25, -0.2) is 9.79 Å². The summed E-state index contributed by atoms with van der Waals surface area (Å²) in [6.07, 6.45) is 1.62. The van der Waals surface area contributed by atoms with E-state index in [1.807, 2.05) is 31.2 Å². The van der Waals surface area contributed by atoms with Crippen LogP contribution in [0.25, 0.3) is 6.08 Å². The predicted molar refractivity (Wildman–Crippen MR) is 128 cm³/mol. The molecule has 0 spiro atoms. The molecule has 0 radical (unpaired) electrons. The lowest BCUT2D eigenvalue weighted by Crippen LogP contribution is -2.36. The molecule has 2 aliphatic rings. The lowest BCUT2D eigenvalue weighted by molar-refractivity contribution is -0.124. The lowest BCUT2D eigenvalue weighted by atomic mass is 10.2. The highest BCUT2D eigenvalue weighted by Gasteiger charge is 2.33. The van der Waals surface area contributed by atoms with Crippen molar-refractivity contribution in [2.45, 2.75) is 6.92 Å². The van der Waals surface area contributed by atoms with Gasteiger partial charge in [0.25, 0.3) is 5.91 Å². The summed E-state index contributed by atoms with van der Waals surface area (Å²) in [7, 11) is 0. The maximum absolute atomic E-state index is 13.2. The molecule has 7 nitrogen and oxygen atoms in total. The van der Waals surface area contributed by atoms with Crippen molar-refractivity contribution in [2.75, 3.05) is 23.7 Å². The zero-order chi connectivity index (χ0) is 22.8. The molecule has 10 heteroatoms. The smallest absolute Gasteiger partial charge is 0.324 e. The van der Waals surface area contributed by atoms with Gasteiger partial charge in [0.15, 0.2) is 5.17 Å². The number of halogens is 2. The van der Waals surface area contributed by atoms with E-state index >= 15 is 0 Å². The number of hydrogen-bond donors (Lipinski definition) is 1. The van der Waals surface area contributed by atoms with Gasteiger partial charge in [0.05, 0.1) is 21.5 Å². The number of aliphatic imine (C=N–C) groups is 1. The van der Waals surface area contributed by atoms with Gasteiger partial charge < -0.3 is 5.32 Å². The molecule has 2 aromatic carbocycles. The van der Waals surface area contributed by atoms with Crippen LogP contribution in [0.3, 0.4) is 0 Å². The standard InChI is InChI=1S/C22H18Cl2N4O3S/c1-13-2-5-15(6-3-13)28-20(30)18(11-14-4-7-16(23)17(24)10-14)26-22(28)32-12-19(29)27-9-8-25-21(27)31/h2-7,10-11H,8-9,12H2,1H3,(H,25,31)/b18-11+. The summed E-state index contributed by atoms with van der Waals surface area (Å²) in [4.78, 5) is 44.5. The Balaban J connectivity index is 1.62. The van der Waals surface area contributed by atoms with Gasteiger partial charge in [-0.05, 0) is 42.8 Å². The van der Waals surface area contributed by atoms with Gasteiger partial charge in [0, 0.05) is 13.1 Å². The van der Waals surface area contributed by atoms with Crippen LogP contribution < -0.4 is 10.2 Å². The zero-order valence-corrected chi connectivity index (χ0v) is 19.3. The molecule has 2 heterocycles. The van der Waals surface area contributed by atoms with E-state index in [9.17, 15) is 14.4 Å². The van der Waals surface area contributed by atoms with Crippen LogP contribution in [0.1, 0.15) is 11.1 Å². The average molecular weight is 489 g/mol. The van der Waals surface area contributed by atoms with Crippen LogP contribution >= 0.6 is 35.0 Å². The van der Waals surface area contributed by atoms with Crippen molar-refractivity contribution in [1.82, 2.24) is 10.2 Å². The fourth-order valence-corrected chi connectivity index (χ4v) is 4.38. The molecule has 164 valence electrons. The molecule has 1 fully saturated rings. The Morgan fingerprint density at radius 2 is 1.91 bits per heavy atom. The number of nitrogens with zero attached hydrogens (tertiary/aromatic N) is 3. The summed E-state index contributed by atoms with van der Waals surface area (Å²) in [6, 6.07) is 12.1. The molecule has 0 atom stereocenters. The van der Waals surface area contributed by atoms with Crippen molar-refractivity contribution in [3.8, 4) is 0 Å². The summed E-state index contributed by atoms with van der Waals surface area (Å²) in [5, 5.41) is 3.74. The van der Waals surface area contributed by atoms with E-state index in [0.717, 1.165) is 22.2 Å². The SMILES string of the molecule is Cc1ccc(N2C(=O)/C(=C\c3ccc(Cl)c(Cl)c3)N=C2SCC(=O)N2CCNC2=O)cc1. The molecular weight excluding hydrogens is 471 g/mol. The molecule has 0 aromatic heterocycles. The summed E-state index contributed by atoms with van der Waals surface area (Å²) in [6.45, 7) is 2.71. The summed E-state index contributed by atoms with van der Waals surface area (Å²) in [5.74, 6) is -0.693. The summed E-state index contributed by atoms with van der Waals surface area (Å²) in [5.41, 5.74) is 2.56. The zero-order valence-electron chi connectivity index (χ0n) is 17.0. The number of anilines is 1. The quantitative estimate of drug-likeness (QED) is 0.649. The van der Waals surface area contributed by atoms with E-state index in [1.165, 1.54) is 4.90 Å². The van der Waals surface area contributed by atoms with Crippen LogP contribution in [-0.4, -0.2) is 46.8 Å². The molecule has 4 amide bonds. The highest BCUT2D eigenvalue weighted by Crippen LogP contribution is 2.31. The third kappa shape index (κ3) is 4.67. The number of urea groups is 1.